The molecule has 1 saturated heterocycles. The van der Waals surface area contributed by atoms with E-state index in [2.05, 4.69) is 5.32 Å². The standard InChI is InChI=1S/C19H21N3O6S/c1-26-15-10-12(18(25)21-19-13(17(20)24)4-9-29-19)2-3-14(15)28-11-16(23)22-5-7-27-8-6-22/h2-4,9-10H,5-8,11H2,1H3,(H2,20,24)(H,21,25). The van der Waals surface area contributed by atoms with Crippen LogP contribution in [0.25, 0.3) is 0 Å². The zero-order valence-electron chi connectivity index (χ0n) is 15.8. The molecule has 3 rings (SSSR count). The van der Waals surface area contributed by atoms with Crippen LogP contribution in [0.1, 0.15) is 20.7 Å². The molecule has 0 atom stereocenters. The number of benzene rings is 1. The molecule has 2 aromatic rings. The fourth-order valence-electron chi connectivity index (χ4n) is 2.75. The predicted molar refractivity (Wildman–Crippen MR) is 107 cm³/mol. The van der Waals surface area contributed by atoms with Crippen LogP contribution in [0, 0.1) is 0 Å². The number of rotatable bonds is 7. The molecule has 154 valence electrons. The Morgan fingerprint density at radius 3 is 2.66 bits per heavy atom. The van der Waals surface area contributed by atoms with Crippen LogP contribution in [0.4, 0.5) is 5.00 Å². The summed E-state index contributed by atoms with van der Waals surface area (Å²) >= 11 is 1.20. The van der Waals surface area contributed by atoms with E-state index in [-0.39, 0.29) is 18.1 Å². The lowest BCUT2D eigenvalue weighted by Crippen LogP contribution is -2.43. The number of nitrogens with one attached hydrogen (secondary N) is 1. The summed E-state index contributed by atoms with van der Waals surface area (Å²) in [5.41, 5.74) is 5.84. The van der Waals surface area contributed by atoms with Crippen LogP contribution in [0.15, 0.2) is 29.6 Å². The molecule has 0 radical (unpaired) electrons. The number of carbonyl (C=O) groups is 3. The Labute approximate surface area is 171 Å². The molecule has 1 aliphatic heterocycles. The lowest BCUT2D eigenvalue weighted by Gasteiger charge is -2.26. The van der Waals surface area contributed by atoms with Gasteiger partial charge in [-0.05, 0) is 29.6 Å². The third-order valence-corrected chi connectivity index (χ3v) is 5.13. The third-order valence-electron chi connectivity index (χ3n) is 4.30. The topological polar surface area (TPSA) is 120 Å². The Balaban J connectivity index is 1.66. The van der Waals surface area contributed by atoms with Crippen molar-refractivity contribution in [1.82, 2.24) is 4.90 Å². The maximum Gasteiger partial charge on any atom is 0.260 e. The molecule has 0 aliphatic carbocycles. The largest absolute Gasteiger partial charge is 0.493 e. The molecule has 1 aliphatic rings. The molecule has 0 unspecified atom stereocenters. The molecule has 29 heavy (non-hydrogen) atoms. The van der Waals surface area contributed by atoms with Crippen molar-refractivity contribution in [2.45, 2.75) is 0 Å². The molecule has 1 aromatic carbocycles. The number of anilines is 1. The summed E-state index contributed by atoms with van der Waals surface area (Å²) in [5.74, 6) is -0.529. The summed E-state index contributed by atoms with van der Waals surface area (Å²) in [7, 11) is 1.44. The maximum absolute atomic E-state index is 12.5. The highest BCUT2D eigenvalue weighted by Gasteiger charge is 2.19. The lowest BCUT2D eigenvalue weighted by atomic mass is 10.2. The highest BCUT2D eigenvalue weighted by Crippen LogP contribution is 2.29. The Hall–Kier alpha value is -3.11. The molecule has 0 spiro atoms. The van der Waals surface area contributed by atoms with E-state index in [0.717, 1.165) is 0 Å². The van der Waals surface area contributed by atoms with Crippen LogP contribution in [-0.2, 0) is 9.53 Å². The van der Waals surface area contributed by atoms with Gasteiger partial charge in [0, 0.05) is 18.7 Å². The molecule has 0 bridgehead atoms. The van der Waals surface area contributed by atoms with Gasteiger partial charge in [0.15, 0.2) is 18.1 Å². The van der Waals surface area contributed by atoms with E-state index in [0.29, 0.717) is 48.4 Å². The molecule has 1 fully saturated rings. The van der Waals surface area contributed by atoms with Crippen molar-refractivity contribution in [3.05, 3.63) is 40.8 Å². The first kappa shape index (κ1) is 20.6. The van der Waals surface area contributed by atoms with E-state index in [4.69, 9.17) is 19.9 Å². The Bertz CT molecular complexity index is 907. The zero-order valence-corrected chi connectivity index (χ0v) is 16.6. The lowest BCUT2D eigenvalue weighted by molar-refractivity contribution is -0.137. The van der Waals surface area contributed by atoms with E-state index in [1.54, 1.807) is 28.5 Å². The molecule has 1 aromatic heterocycles. The second-order valence-corrected chi connectivity index (χ2v) is 7.05. The van der Waals surface area contributed by atoms with E-state index in [1.165, 1.54) is 24.5 Å². The normalized spacial score (nSPS) is 13.6. The smallest absolute Gasteiger partial charge is 0.260 e. The van der Waals surface area contributed by atoms with Gasteiger partial charge in [-0.3, -0.25) is 14.4 Å². The molecule has 9 nitrogen and oxygen atoms in total. The first-order valence-electron chi connectivity index (χ1n) is 8.84. The van der Waals surface area contributed by atoms with Crippen molar-refractivity contribution < 1.29 is 28.6 Å². The van der Waals surface area contributed by atoms with Gasteiger partial charge in [0.05, 0.1) is 25.9 Å². The van der Waals surface area contributed by atoms with Crippen molar-refractivity contribution in [2.75, 3.05) is 45.3 Å². The minimum Gasteiger partial charge on any atom is -0.493 e. The minimum atomic E-state index is -0.618. The van der Waals surface area contributed by atoms with Crippen molar-refractivity contribution >= 4 is 34.1 Å². The van der Waals surface area contributed by atoms with Gasteiger partial charge in [0.25, 0.3) is 17.7 Å². The molecule has 3 N–H and O–H groups in total. The van der Waals surface area contributed by atoms with Gasteiger partial charge in [-0.2, -0.15) is 0 Å². The number of ether oxygens (including phenoxy) is 3. The zero-order chi connectivity index (χ0) is 20.8. The summed E-state index contributed by atoms with van der Waals surface area (Å²) in [6.45, 7) is 1.96. The van der Waals surface area contributed by atoms with Gasteiger partial charge in [0.1, 0.15) is 5.00 Å². The van der Waals surface area contributed by atoms with Gasteiger partial charge in [-0.25, -0.2) is 0 Å². The number of carbonyl (C=O) groups excluding carboxylic acids is 3. The molecular formula is C19H21N3O6S. The molecule has 10 heteroatoms. The third kappa shape index (κ3) is 5.04. The quantitative estimate of drug-likeness (QED) is 0.699. The number of nitrogens with zero attached hydrogens (tertiary/aromatic N) is 1. The number of hydrogen-bond acceptors (Lipinski definition) is 7. The fourth-order valence-corrected chi connectivity index (χ4v) is 3.53. The van der Waals surface area contributed by atoms with Crippen molar-refractivity contribution in [3.63, 3.8) is 0 Å². The monoisotopic (exact) mass is 419 g/mol. The highest BCUT2D eigenvalue weighted by atomic mass is 32.1. The molecule has 0 saturated carbocycles. The summed E-state index contributed by atoms with van der Waals surface area (Å²) in [6.07, 6.45) is 0. The number of hydrogen-bond donors (Lipinski definition) is 2. The summed E-state index contributed by atoms with van der Waals surface area (Å²) in [5, 5.41) is 4.70. The van der Waals surface area contributed by atoms with Gasteiger partial charge in [-0.1, -0.05) is 0 Å². The number of amides is 3. The van der Waals surface area contributed by atoms with Crippen molar-refractivity contribution in [3.8, 4) is 11.5 Å². The second kappa shape index (κ2) is 9.39. The van der Waals surface area contributed by atoms with Crippen LogP contribution in [-0.4, -0.2) is 62.6 Å². The average Bonchev–Trinajstić information content (AvgIpc) is 3.20. The van der Waals surface area contributed by atoms with Crippen LogP contribution in [0.5, 0.6) is 11.5 Å². The molecular weight excluding hydrogens is 398 g/mol. The fraction of sp³-hybridized carbons (Fsp3) is 0.316. The van der Waals surface area contributed by atoms with Crippen molar-refractivity contribution in [2.24, 2.45) is 5.73 Å². The number of methoxy groups -OCH3 is 1. The van der Waals surface area contributed by atoms with Gasteiger partial charge in [-0.15, -0.1) is 11.3 Å². The molecule has 2 heterocycles. The predicted octanol–water partition coefficient (Wildman–Crippen LogP) is 1.35. The van der Waals surface area contributed by atoms with E-state index >= 15 is 0 Å². The van der Waals surface area contributed by atoms with E-state index in [1.807, 2.05) is 0 Å². The van der Waals surface area contributed by atoms with Gasteiger partial charge in [0.2, 0.25) is 0 Å². The number of primary amides is 1. The minimum absolute atomic E-state index is 0.140. The maximum atomic E-state index is 12.5. The van der Waals surface area contributed by atoms with Crippen LogP contribution in [0.3, 0.4) is 0 Å². The average molecular weight is 419 g/mol. The van der Waals surface area contributed by atoms with Crippen molar-refractivity contribution in [1.29, 1.82) is 0 Å². The van der Waals surface area contributed by atoms with Gasteiger partial charge >= 0.3 is 0 Å². The van der Waals surface area contributed by atoms with Crippen LogP contribution in [0.2, 0.25) is 0 Å². The SMILES string of the molecule is COc1cc(C(=O)Nc2sccc2C(N)=O)ccc1OCC(=O)N1CCOCC1. The Kier molecular flexibility index (Phi) is 6.68. The number of thiophene rings is 1. The number of nitrogens with two attached hydrogens (primary N) is 1. The first-order valence-corrected chi connectivity index (χ1v) is 9.72. The number of morpholine rings is 1. The Morgan fingerprint density at radius 1 is 1.21 bits per heavy atom. The Morgan fingerprint density at radius 2 is 1.97 bits per heavy atom. The highest BCUT2D eigenvalue weighted by molar-refractivity contribution is 7.14. The summed E-state index contributed by atoms with van der Waals surface area (Å²) in [4.78, 5) is 37.8. The summed E-state index contributed by atoms with van der Waals surface area (Å²) in [6, 6.07) is 6.15. The van der Waals surface area contributed by atoms with Gasteiger partial charge < -0.3 is 30.2 Å². The first-order chi connectivity index (χ1) is 14.0. The van der Waals surface area contributed by atoms with Crippen LogP contribution < -0.4 is 20.5 Å². The second-order valence-electron chi connectivity index (χ2n) is 6.13. The van der Waals surface area contributed by atoms with E-state index < -0.39 is 11.8 Å². The van der Waals surface area contributed by atoms with E-state index in [9.17, 15) is 14.4 Å². The molecule has 3 amide bonds. The van der Waals surface area contributed by atoms with Crippen LogP contribution >= 0.6 is 11.3 Å². The summed E-state index contributed by atoms with van der Waals surface area (Å²) < 4.78 is 16.1.